The maximum Gasteiger partial charge on any atom is 0.243 e. The number of rotatable bonds is 9. The molecule has 0 N–H and O–H groups in total. The summed E-state index contributed by atoms with van der Waals surface area (Å²) in [5.74, 6) is 0.504. The molecule has 2 heterocycles. The zero-order chi connectivity index (χ0) is 25.9. The fraction of sp³-hybridized carbons (Fsp3) is 0.370. The number of amides is 1. The fourth-order valence-corrected chi connectivity index (χ4v) is 7.04. The molecule has 0 spiro atoms. The largest absolute Gasteiger partial charge is 0.491 e. The van der Waals surface area contributed by atoms with Crippen molar-refractivity contribution in [2.24, 2.45) is 0 Å². The molecule has 0 saturated heterocycles. The Labute approximate surface area is 222 Å². The lowest BCUT2D eigenvalue weighted by Crippen LogP contribution is -2.49. The van der Waals surface area contributed by atoms with Gasteiger partial charge in [0.05, 0.1) is 17.5 Å². The summed E-state index contributed by atoms with van der Waals surface area (Å²) in [5, 5.41) is 2.49. The molecular formula is C27H31ClN2O4S2. The van der Waals surface area contributed by atoms with E-state index in [-0.39, 0.29) is 29.4 Å². The quantitative estimate of drug-likeness (QED) is 0.345. The number of aryl methyl sites for hydroxylation is 1. The number of carbonyl (C=O) groups is 1. The Morgan fingerprint density at radius 2 is 1.86 bits per heavy atom. The van der Waals surface area contributed by atoms with E-state index in [9.17, 15) is 13.2 Å². The third kappa shape index (κ3) is 5.78. The van der Waals surface area contributed by atoms with Gasteiger partial charge in [0.1, 0.15) is 12.4 Å². The SMILES string of the molecule is CCC(C)N(CC(=O)N1CCc2sccc2C1COc1ccc(C)cc1)S(=O)(=O)c1ccc(Cl)cc1. The number of thiophene rings is 1. The molecule has 6 nitrogen and oxygen atoms in total. The molecule has 0 saturated carbocycles. The first kappa shape index (κ1) is 26.7. The Hall–Kier alpha value is -2.39. The van der Waals surface area contributed by atoms with Crippen molar-refractivity contribution in [2.45, 2.75) is 50.6 Å². The first-order valence-corrected chi connectivity index (χ1v) is 14.7. The molecule has 1 aliphatic rings. The Morgan fingerprint density at radius 1 is 1.17 bits per heavy atom. The summed E-state index contributed by atoms with van der Waals surface area (Å²) in [7, 11) is -3.89. The van der Waals surface area contributed by atoms with Crippen LogP contribution < -0.4 is 4.74 Å². The van der Waals surface area contributed by atoms with Crippen LogP contribution in [0.2, 0.25) is 5.02 Å². The van der Waals surface area contributed by atoms with E-state index in [0.717, 1.165) is 23.3 Å². The first-order valence-electron chi connectivity index (χ1n) is 12.0. The van der Waals surface area contributed by atoms with Gasteiger partial charge in [-0.25, -0.2) is 8.42 Å². The number of halogens is 1. The average molecular weight is 547 g/mol. The third-order valence-electron chi connectivity index (χ3n) is 6.64. The number of ether oxygens (including phenoxy) is 1. The van der Waals surface area contributed by atoms with E-state index < -0.39 is 10.0 Å². The molecule has 9 heteroatoms. The molecule has 2 aromatic carbocycles. The van der Waals surface area contributed by atoms with Crippen LogP contribution in [0.15, 0.2) is 64.9 Å². The highest BCUT2D eigenvalue weighted by molar-refractivity contribution is 7.89. The second kappa shape index (κ2) is 11.3. The Balaban J connectivity index is 1.58. The Kier molecular flexibility index (Phi) is 8.40. The summed E-state index contributed by atoms with van der Waals surface area (Å²) in [6.45, 7) is 6.34. The van der Waals surface area contributed by atoms with E-state index in [0.29, 0.717) is 24.6 Å². The van der Waals surface area contributed by atoms with Crippen LogP contribution in [-0.2, 0) is 21.2 Å². The summed E-state index contributed by atoms with van der Waals surface area (Å²) in [6, 6.07) is 15.3. The zero-order valence-electron chi connectivity index (χ0n) is 20.7. The van der Waals surface area contributed by atoms with Crippen molar-refractivity contribution in [3.05, 3.63) is 81.0 Å². The standard InChI is InChI=1S/C27H31ClN2O4S2/c1-4-20(3)30(36(32,33)23-11-7-21(28)8-12-23)17-27(31)29-15-13-26-24(14-16-35-26)25(29)18-34-22-9-5-19(2)6-10-22/h5-12,14,16,20,25H,4,13,15,17-18H2,1-3H3. The molecule has 2 unspecified atom stereocenters. The van der Waals surface area contributed by atoms with Crippen molar-refractivity contribution < 1.29 is 17.9 Å². The van der Waals surface area contributed by atoms with Crippen LogP contribution in [0.4, 0.5) is 0 Å². The molecule has 4 rings (SSSR count). The Morgan fingerprint density at radius 3 is 2.53 bits per heavy atom. The molecule has 2 atom stereocenters. The lowest BCUT2D eigenvalue weighted by molar-refractivity contribution is -0.135. The van der Waals surface area contributed by atoms with Gasteiger partial charge in [0, 0.05) is 22.5 Å². The number of benzene rings is 2. The zero-order valence-corrected chi connectivity index (χ0v) is 23.1. The molecule has 0 aliphatic carbocycles. The van der Waals surface area contributed by atoms with Gasteiger partial charge < -0.3 is 9.64 Å². The summed E-state index contributed by atoms with van der Waals surface area (Å²) >= 11 is 7.65. The van der Waals surface area contributed by atoms with Crippen LogP contribution in [0.1, 0.15) is 42.3 Å². The number of fused-ring (bicyclic) bond motifs is 1. The summed E-state index contributed by atoms with van der Waals surface area (Å²) < 4.78 is 34.5. The number of nitrogens with zero attached hydrogens (tertiary/aromatic N) is 2. The fourth-order valence-electron chi connectivity index (χ4n) is 4.33. The molecule has 1 aromatic heterocycles. The summed E-state index contributed by atoms with van der Waals surface area (Å²) in [5.41, 5.74) is 2.21. The number of carbonyl (C=O) groups excluding carboxylic acids is 1. The highest BCUT2D eigenvalue weighted by atomic mass is 35.5. The average Bonchev–Trinajstić information content (AvgIpc) is 3.35. The van der Waals surface area contributed by atoms with Crippen LogP contribution in [-0.4, -0.2) is 49.3 Å². The minimum absolute atomic E-state index is 0.123. The summed E-state index contributed by atoms with van der Waals surface area (Å²) in [4.78, 5) is 16.8. The highest BCUT2D eigenvalue weighted by Crippen LogP contribution is 2.34. The minimum Gasteiger partial charge on any atom is -0.491 e. The molecule has 0 fully saturated rings. The van der Waals surface area contributed by atoms with Gasteiger partial charge in [0.2, 0.25) is 15.9 Å². The van der Waals surface area contributed by atoms with Crippen molar-refractivity contribution >= 4 is 38.9 Å². The van der Waals surface area contributed by atoms with E-state index in [1.54, 1.807) is 28.4 Å². The second-order valence-corrected chi connectivity index (χ2v) is 12.4. The predicted octanol–water partition coefficient (Wildman–Crippen LogP) is 5.70. The van der Waals surface area contributed by atoms with Gasteiger partial charge in [-0.15, -0.1) is 11.3 Å². The van der Waals surface area contributed by atoms with E-state index in [4.69, 9.17) is 16.3 Å². The predicted molar refractivity (Wildman–Crippen MR) is 144 cm³/mol. The first-order chi connectivity index (χ1) is 17.2. The highest BCUT2D eigenvalue weighted by Gasteiger charge is 2.36. The minimum atomic E-state index is -3.89. The van der Waals surface area contributed by atoms with Crippen LogP contribution in [0.5, 0.6) is 5.75 Å². The van der Waals surface area contributed by atoms with Gasteiger partial charge in [-0.3, -0.25) is 4.79 Å². The van der Waals surface area contributed by atoms with Gasteiger partial charge >= 0.3 is 0 Å². The van der Waals surface area contributed by atoms with Crippen molar-refractivity contribution in [3.63, 3.8) is 0 Å². The van der Waals surface area contributed by atoms with Crippen molar-refractivity contribution in [3.8, 4) is 5.75 Å². The number of hydrogen-bond donors (Lipinski definition) is 0. The Bertz CT molecular complexity index is 1290. The van der Waals surface area contributed by atoms with E-state index in [1.165, 1.54) is 21.3 Å². The molecule has 0 radical (unpaired) electrons. The lowest BCUT2D eigenvalue weighted by Gasteiger charge is -2.37. The second-order valence-electron chi connectivity index (χ2n) is 9.04. The van der Waals surface area contributed by atoms with Gasteiger partial charge in [-0.2, -0.15) is 4.31 Å². The van der Waals surface area contributed by atoms with Crippen LogP contribution >= 0.6 is 22.9 Å². The van der Waals surface area contributed by atoms with Crippen LogP contribution in [0.3, 0.4) is 0 Å². The van der Waals surface area contributed by atoms with Crippen molar-refractivity contribution in [2.75, 3.05) is 19.7 Å². The molecule has 1 amide bonds. The molecule has 0 bridgehead atoms. The molecule has 3 aromatic rings. The number of hydrogen-bond acceptors (Lipinski definition) is 5. The molecular weight excluding hydrogens is 516 g/mol. The topological polar surface area (TPSA) is 66.9 Å². The van der Waals surface area contributed by atoms with Crippen molar-refractivity contribution in [1.29, 1.82) is 0 Å². The normalized spacial score (nSPS) is 16.6. The summed E-state index contributed by atoms with van der Waals surface area (Å²) in [6.07, 6.45) is 1.32. The lowest BCUT2D eigenvalue weighted by atomic mass is 10.0. The smallest absolute Gasteiger partial charge is 0.243 e. The molecule has 36 heavy (non-hydrogen) atoms. The maximum absolute atomic E-state index is 13.7. The van der Waals surface area contributed by atoms with Crippen LogP contribution in [0, 0.1) is 6.92 Å². The van der Waals surface area contributed by atoms with Crippen LogP contribution in [0.25, 0.3) is 0 Å². The molecule has 1 aliphatic heterocycles. The van der Waals surface area contributed by atoms with Gasteiger partial charge in [0.25, 0.3) is 0 Å². The van der Waals surface area contributed by atoms with Gasteiger partial charge in [-0.05, 0) is 80.1 Å². The van der Waals surface area contributed by atoms with E-state index in [1.807, 2.05) is 56.5 Å². The van der Waals surface area contributed by atoms with Crippen molar-refractivity contribution in [1.82, 2.24) is 9.21 Å². The van der Waals surface area contributed by atoms with Gasteiger partial charge in [0.15, 0.2) is 0 Å². The number of sulfonamides is 1. The molecule has 192 valence electrons. The van der Waals surface area contributed by atoms with E-state index >= 15 is 0 Å². The maximum atomic E-state index is 13.7. The van der Waals surface area contributed by atoms with E-state index in [2.05, 4.69) is 0 Å². The third-order valence-corrected chi connectivity index (χ3v) is 9.86. The monoisotopic (exact) mass is 546 g/mol. The van der Waals surface area contributed by atoms with Gasteiger partial charge in [-0.1, -0.05) is 36.2 Å².